The Morgan fingerprint density at radius 1 is 1.58 bits per heavy atom. The number of carbonyl (C=O) groups is 1. The molecule has 1 rings (SSSR count). The molecule has 0 N–H and O–H groups in total. The molecule has 0 radical (unpaired) electrons. The van der Waals surface area contributed by atoms with Crippen LogP contribution in [-0.4, -0.2) is 22.5 Å². The second kappa shape index (κ2) is 4.01. The summed E-state index contributed by atoms with van der Waals surface area (Å²) in [5, 5.41) is 0.253. The summed E-state index contributed by atoms with van der Waals surface area (Å²) in [6.07, 6.45) is 2.58. The monoisotopic (exact) mass is 186 g/mol. The highest BCUT2D eigenvalue weighted by Gasteiger charge is 2.07. The first kappa shape index (κ1) is 8.93. The molecule has 0 unspecified atom stereocenters. The van der Waals surface area contributed by atoms with E-state index >= 15 is 0 Å². The number of nitrogens with zero attached hydrogens (tertiary/aromatic N) is 2. The third kappa shape index (κ3) is 2.17. The van der Waals surface area contributed by atoms with E-state index in [1.165, 1.54) is 12.4 Å². The van der Waals surface area contributed by atoms with Gasteiger partial charge in [0.2, 0.25) is 0 Å². The van der Waals surface area contributed by atoms with Gasteiger partial charge in [0.05, 0.1) is 19.0 Å². The van der Waals surface area contributed by atoms with Crippen molar-refractivity contribution in [1.82, 2.24) is 9.97 Å². The lowest BCUT2D eigenvalue weighted by atomic mass is 10.5. The number of rotatable bonds is 2. The molecule has 5 heteroatoms. The van der Waals surface area contributed by atoms with E-state index in [-0.39, 0.29) is 10.8 Å². The van der Waals surface area contributed by atoms with Crippen LogP contribution in [0.3, 0.4) is 0 Å². The van der Waals surface area contributed by atoms with Gasteiger partial charge in [-0.1, -0.05) is 11.6 Å². The molecule has 0 amide bonds. The highest BCUT2D eigenvalue weighted by Crippen LogP contribution is 2.02. The minimum absolute atomic E-state index is 0.168. The van der Waals surface area contributed by atoms with Gasteiger partial charge in [0.15, 0.2) is 5.69 Å². The van der Waals surface area contributed by atoms with Crippen molar-refractivity contribution in [2.24, 2.45) is 0 Å². The van der Waals surface area contributed by atoms with E-state index in [2.05, 4.69) is 14.7 Å². The number of aromatic nitrogens is 2. The Labute approximate surface area is 74.5 Å². The molecule has 1 heterocycles. The minimum Gasteiger partial charge on any atom is -0.461 e. The number of hydrogen-bond acceptors (Lipinski definition) is 4. The molecule has 0 spiro atoms. The van der Waals surface area contributed by atoms with Crippen molar-refractivity contribution >= 4 is 17.6 Å². The molecule has 1 aromatic rings. The summed E-state index contributed by atoms with van der Waals surface area (Å²) < 4.78 is 4.68. The molecule has 0 aliphatic heterocycles. The topological polar surface area (TPSA) is 52.1 Å². The SMILES string of the molecule is CCOC(=O)c1cnc(Cl)cn1. The van der Waals surface area contributed by atoms with Crippen LogP contribution in [0.25, 0.3) is 0 Å². The first-order valence-corrected chi connectivity index (χ1v) is 3.76. The van der Waals surface area contributed by atoms with Crippen LogP contribution >= 0.6 is 11.6 Å². The molecule has 0 saturated heterocycles. The molecule has 1 aromatic heterocycles. The largest absolute Gasteiger partial charge is 0.461 e. The highest BCUT2D eigenvalue weighted by molar-refractivity contribution is 6.29. The maximum Gasteiger partial charge on any atom is 0.358 e. The van der Waals surface area contributed by atoms with Crippen molar-refractivity contribution in [3.05, 3.63) is 23.2 Å². The van der Waals surface area contributed by atoms with Gasteiger partial charge in [-0.15, -0.1) is 0 Å². The predicted octanol–water partition coefficient (Wildman–Crippen LogP) is 1.31. The summed E-state index contributed by atoms with van der Waals surface area (Å²) in [5.41, 5.74) is 0.168. The van der Waals surface area contributed by atoms with Crippen LogP contribution in [0.15, 0.2) is 12.4 Å². The summed E-state index contributed by atoms with van der Waals surface area (Å²) >= 11 is 5.47. The van der Waals surface area contributed by atoms with Crippen molar-refractivity contribution in [2.45, 2.75) is 6.92 Å². The summed E-state index contributed by atoms with van der Waals surface area (Å²) in [6, 6.07) is 0. The van der Waals surface area contributed by atoms with Gasteiger partial charge in [-0.05, 0) is 6.92 Å². The first-order valence-electron chi connectivity index (χ1n) is 3.38. The molecule has 12 heavy (non-hydrogen) atoms. The Bertz CT molecular complexity index is 273. The minimum atomic E-state index is -0.485. The molecular formula is C7H7ClN2O2. The van der Waals surface area contributed by atoms with Crippen LogP contribution in [0, 0.1) is 0 Å². The lowest BCUT2D eigenvalue weighted by Crippen LogP contribution is -2.07. The van der Waals surface area contributed by atoms with Crippen molar-refractivity contribution < 1.29 is 9.53 Å². The summed E-state index contributed by atoms with van der Waals surface area (Å²) in [7, 11) is 0. The smallest absolute Gasteiger partial charge is 0.358 e. The van der Waals surface area contributed by atoms with E-state index < -0.39 is 5.97 Å². The fourth-order valence-corrected chi connectivity index (χ4v) is 0.720. The number of hydrogen-bond donors (Lipinski definition) is 0. The Morgan fingerprint density at radius 3 is 2.83 bits per heavy atom. The van der Waals surface area contributed by atoms with Gasteiger partial charge in [-0.2, -0.15) is 0 Å². The van der Waals surface area contributed by atoms with Gasteiger partial charge in [0.1, 0.15) is 5.15 Å². The Balaban J connectivity index is 2.75. The molecule has 4 nitrogen and oxygen atoms in total. The number of ether oxygens (including phenoxy) is 1. The van der Waals surface area contributed by atoms with Gasteiger partial charge < -0.3 is 4.74 Å². The third-order valence-electron chi connectivity index (χ3n) is 1.10. The lowest BCUT2D eigenvalue weighted by molar-refractivity contribution is 0.0519. The second-order valence-corrected chi connectivity index (χ2v) is 2.33. The van der Waals surface area contributed by atoms with Crippen LogP contribution in [0.2, 0.25) is 5.15 Å². The Morgan fingerprint density at radius 2 is 2.33 bits per heavy atom. The van der Waals surface area contributed by atoms with E-state index in [0.717, 1.165) is 0 Å². The normalized spacial score (nSPS) is 9.50. The summed E-state index contributed by atoms with van der Waals surface area (Å²) in [6.45, 7) is 2.05. The zero-order valence-electron chi connectivity index (χ0n) is 6.45. The van der Waals surface area contributed by atoms with Crippen LogP contribution in [0.5, 0.6) is 0 Å². The molecule has 0 aliphatic rings. The fraction of sp³-hybridized carbons (Fsp3) is 0.286. The average molecular weight is 187 g/mol. The maximum absolute atomic E-state index is 11.0. The predicted molar refractivity (Wildman–Crippen MR) is 43.0 cm³/mol. The van der Waals surface area contributed by atoms with E-state index in [9.17, 15) is 4.79 Å². The van der Waals surface area contributed by atoms with Crippen molar-refractivity contribution in [3.63, 3.8) is 0 Å². The van der Waals surface area contributed by atoms with Gasteiger partial charge in [0, 0.05) is 0 Å². The van der Waals surface area contributed by atoms with Crippen LogP contribution < -0.4 is 0 Å². The van der Waals surface area contributed by atoms with Crippen LogP contribution in [0.1, 0.15) is 17.4 Å². The van der Waals surface area contributed by atoms with Gasteiger partial charge in [-0.25, -0.2) is 14.8 Å². The molecule has 64 valence electrons. The molecule has 0 aromatic carbocycles. The molecule has 0 aliphatic carbocycles. The molecule has 0 saturated carbocycles. The van der Waals surface area contributed by atoms with Gasteiger partial charge in [0.25, 0.3) is 0 Å². The van der Waals surface area contributed by atoms with Gasteiger partial charge in [-0.3, -0.25) is 0 Å². The van der Waals surface area contributed by atoms with Gasteiger partial charge >= 0.3 is 5.97 Å². The Kier molecular flexibility index (Phi) is 2.99. The van der Waals surface area contributed by atoms with E-state index in [1.807, 2.05) is 0 Å². The van der Waals surface area contributed by atoms with Crippen LogP contribution in [0.4, 0.5) is 0 Å². The van der Waals surface area contributed by atoms with Crippen molar-refractivity contribution in [3.8, 4) is 0 Å². The highest BCUT2D eigenvalue weighted by atomic mass is 35.5. The maximum atomic E-state index is 11.0. The Hall–Kier alpha value is -1.16. The number of esters is 1. The average Bonchev–Trinajstić information content (AvgIpc) is 2.06. The van der Waals surface area contributed by atoms with Crippen molar-refractivity contribution in [1.29, 1.82) is 0 Å². The number of carbonyl (C=O) groups excluding carboxylic acids is 1. The lowest BCUT2D eigenvalue weighted by Gasteiger charge is -1.98. The molecular weight excluding hydrogens is 180 g/mol. The third-order valence-corrected chi connectivity index (χ3v) is 1.30. The number of halogens is 1. The van der Waals surface area contributed by atoms with E-state index in [1.54, 1.807) is 6.92 Å². The van der Waals surface area contributed by atoms with E-state index in [4.69, 9.17) is 11.6 Å². The first-order chi connectivity index (χ1) is 5.74. The second-order valence-electron chi connectivity index (χ2n) is 1.94. The molecule has 0 fully saturated rings. The van der Waals surface area contributed by atoms with Crippen LogP contribution in [-0.2, 0) is 4.74 Å². The molecule has 0 bridgehead atoms. The standard InChI is InChI=1S/C7H7ClN2O2/c1-2-12-7(11)5-3-10-6(8)4-9-5/h3-4H,2H2,1H3. The summed E-state index contributed by atoms with van der Waals surface area (Å²) in [5.74, 6) is -0.485. The molecule has 0 atom stereocenters. The zero-order chi connectivity index (χ0) is 8.97. The quantitative estimate of drug-likeness (QED) is 0.654. The fourth-order valence-electron chi connectivity index (χ4n) is 0.623. The van der Waals surface area contributed by atoms with E-state index in [0.29, 0.717) is 6.61 Å². The zero-order valence-corrected chi connectivity index (χ0v) is 7.21. The summed E-state index contributed by atoms with van der Waals surface area (Å²) in [4.78, 5) is 18.4. The van der Waals surface area contributed by atoms with Crippen molar-refractivity contribution in [2.75, 3.05) is 6.61 Å².